The Labute approximate surface area is 90.4 Å². The van der Waals surface area contributed by atoms with Gasteiger partial charge >= 0.3 is 0 Å². The number of anilines is 1. The van der Waals surface area contributed by atoms with E-state index in [1.54, 1.807) is 0 Å². The molecule has 0 bridgehead atoms. The average Bonchev–Trinajstić information content (AvgIpc) is 2.71. The van der Waals surface area contributed by atoms with Crippen LogP contribution in [-0.4, -0.2) is 19.5 Å². The van der Waals surface area contributed by atoms with Gasteiger partial charge in [-0.05, 0) is 6.07 Å². The second kappa shape index (κ2) is 3.67. The number of aromatic nitrogens is 4. The van der Waals surface area contributed by atoms with Gasteiger partial charge in [-0.3, -0.25) is 4.57 Å². The van der Waals surface area contributed by atoms with E-state index in [-0.39, 0.29) is 23.2 Å². The van der Waals surface area contributed by atoms with Crippen LogP contribution >= 0.6 is 0 Å². The molecule has 2 N–H and O–H groups in total. The monoisotopic (exact) mass is 211 g/mol. The van der Waals surface area contributed by atoms with Crippen molar-refractivity contribution < 1.29 is 0 Å². The van der Waals surface area contributed by atoms with Gasteiger partial charge in [0, 0.05) is 6.20 Å². The predicted octanol–water partition coefficient (Wildman–Crippen LogP) is -0.0121. The average molecular weight is 211 g/mol. The molecule has 0 spiro atoms. The highest BCUT2D eigenvalue weighted by Crippen LogP contribution is 2.10. The summed E-state index contributed by atoms with van der Waals surface area (Å²) in [5.74, 6) is 0.492. The molecule has 16 heavy (non-hydrogen) atoms. The molecule has 0 unspecified atom stereocenters. The Morgan fingerprint density at radius 1 is 1.25 bits per heavy atom. The standard InChI is InChI=1S/C9H5N7/c10-3-6-7(4-11)16(5-14-6)9-13-2-1-8(12)15-9/h1-2,5H,(H2,12,13,15). The minimum absolute atomic E-state index is 0.0357. The highest BCUT2D eigenvalue weighted by molar-refractivity contribution is 5.41. The molecule has 0 aromatic carbocycles. The number of nitrogen functional groups attached to an aromatic ring is 1. The van der Waals surface area contributed by atoms with Crippen LogP contribution in [0.4, 0.5) is 5.82 Å². The zero-order valence-corrected chi connectivity index (χ0v) is 7.99. The van der Waals surface area contributed by atoms with E-state index < -0.39 is 0 Å². The SMILES string of the molecule is N#Cc1ncn(-c2nccc(N)n2)c1C#N. The Bertz CT molecular complexity index is 614. The van der Waals surface area contributed by atoms with Crippen molar-refractivity contribution in [2.24, 2.45) is 0 Å². The number of nitrogens with two attached hydrogens (primary N) is 1. The molecule has 7 nitrogen and oxygen atoms in total. The lowest BCUT2D eigenvalue weighted by molar-refractivity contribution is 0.917. The maximum Gasteiger partial charge on any atom is 0.237 e. The molecule has 2 heterocycles. The summed E-state index contributed by atoms with van der Waals surface area (Å²) in [5.41, 5.74) is 5.62. The summed E-state index contributed by atoms with van der Waals surface area (Å²) < 4.78 is 1.31. The van der Waals surface area contributed by atoms with Gasteiger partial charge in [-0.25, -0.2) is 9.97 Å². The zero-order valence-electron chi connectivity index (χ0n) is 7.99. The summed E-state index contributed by atoms with van der Waals surface area (Å²) in [4.78, 5) is 11.6. The van der Waals surface area contributed by atoms with E-state index in [1.165, 1.54) is 23.2 Å². The minimum atomic E-state index is 0.0357. The lowest BCUT2D eigenvalue weighted by Gasteiger charge is -2.01. The van der Waals surface area contributed by atoms with Crippen LogP contribution in [-0.2, 0) is 0 Å². The van der Waals surface area contributed by atoms with Crippen LogP contribution in [0, 0.1) is 22.7 Å². The van der Waals surface area contributed by atoms with E-state index in [9.17, 15) is 0 Å². The molecule has 0 aliphatic carbocycles. The second-order valence-corrected chi connectivity index (χ2v) is 2.82. The number of nitrogens with zero attached hydrogens (tertiary/aromatic N) is 6. The molecule has 0 aliphatic rings. The number of imidazole rings is 1. The highest BCUT2D eigenvalue weighted by Gasteiger charge is 2.12. The van der Waals surface area contributed by atoms with Gasteiger partial charge in [0.2, 0.25) is 5.95 Å². The van der Waals surface area contributed by atoms with Crippen LogP contribution < -0.4 is 5.73 Å². The molecule has 0 radical (unpaired) electrons. The van der Waals surface area contributed by atoms with Gasteiger partial charge in [0.25, 0.3) is 0 Å². The predicted molar refractivity (Wildman–Crippen MR) is 53.0 cm³/mol. The Kier molecular flexibility index (Phi) is 2.21. The molecule has 2 aromatic heterocycles. The lowest BCUT2D eigenvalue weighted by Crippen LogP contribution is -2.04. The van der Waals surface area contributed by atoms with Gasteiger partial charge in [-0.15, -0.1) is 0 Å². The lowest BCUT2D eigenvalue weighted by atomic mass is 10.3. The van der Waals surface area contributed by atoms with Crippen LogP contribution in [0.5, 0.6) is 0 Å². The summed E-state index contributed by atoms with van der Waals surface area (Å²) in [6, 6.07) is 5.21. The molecule has 2 rings (SSSR count). The molecule has 0 fully saturated rings. The molecule has 0 atom stereocenters. The van der Waals surface area contributed by atoms with Crippen LogP contribution in [0.3, 0.4) is 0 Å². The second-order valence-electron chi connectivity index (χ2n) is 2.82. The Morgan fingerprint density at radius 3 is 2.69 bits per heavy atom. The molecule has 2 aromatic rings. The first-order valence-corrected chi connectivity index (χ1v) is 4.22. The fourth-order valence-electron chi connectivity index (χ4n) is 1.17. The van der Waals surface area contributed by atoms with Crippen LogP contribution in [0.2, 0.25) is 0 Å². The van der Waals surface area contributed by atoms with Crippen molar-refractivity contribution in [2.75, 3.05) is 5.73 Å². The first kappa shape index (κ1) is 9.62. The van der Waals surface area contributed by atoms with E-state index in [0.29, 0.717) is 0 Å². The van der Waals surface area contributed by atoms with Crippen LogP contribution in [0.15, 0.2) is 18.6 Å². The normalized spacial score (nSPS) is 9.38. The summed E-state index contributed by atoms with van der Waals surface area (Å²) in [6.45, 7) is 0. The summed E-state index contributed by atoms with van der Waals surface area (Å²) in [6.07, 6.45) is 2.77. The Morgan fingerprint density at radius 2 is 2.06 bits per heavy atom. The number of hydrogen-bond acceptors (Lipinski definition) is 6. The largest absolute Gasteiger partial charge is 0.384 e. The zero-order chi connectivity index (χ0) is 11.5. The fraction of sp³-hybridized carbons (Fsp3) is 0. The van der Waals surface area contributed by atoms with Crippen molar-refractivity contribution in [3.8, 4) is 18.1 Å². The summed E-state index contributed by atoms with van der Waals surface area (Å²) in [5, 5.41) is 17.6. The van der Waals surface area contributed by atoms with Gasteiger partial charge < -0.3 is 5.73 Å². The van der Waals surface area contributed by atoms with E-state index in [2.05, 4.69) is 15.0 Å². The molecule has 0 saturated carbocycles. The van der Waals surface area contributed by atoms with Gasteiger partial charge in [-0.2, -0.15) is 15.5 Å². The van der Waals surface area contributed by atoms with Crippen molar-refractivity contribution in [3.63, 3.8) is 0 Å². The molecular weight excluding hydrogens is 206 g/mol. The van der Waals surface area contributed by atoms with Gasteiger partial charge in [0.15, 0.2) is 11.4 Å². The molecule has 76 valence electrons. The van der Waals surface area contributed by atoms with Crippen LogP contribution in [0.25, 0.3) is 5.95 Å². The third-order valence-corrected chi connectivity index (χ3v) is 1.86. The minimum Gasteiger partial charge on any atom is -0.384 e. The highest BCUT2D eigenvalue weighted by atomic mass is 15.2. The molecule has 0 aliphatic heterocycles. The quantitative estimate of drug-likeness (QED) is 0.708. The summed E-state index contributed by atoms with van der Waals surface area (Å²) in [7, 11) is 0. The third kappa shape index (κ3) is 1.42. The topological polar surface area (TPSA) is 117 Å². The third-order valence-electron chi connectivity index (χ3n) is 1.86. The maximum atomic E-state index is 8.90. The van der Waals surface area contributed by atoms with Gasteiger partial charge in [0.05, 0.1) is 0 Å². The van der Waals surface area contributed by atoms with Gasteiger partial charge in [0.1, 0.15) is 24.3 Å². The van der Waals surface area contributed by atoms with E-state index in [0.717, 1.165) is 0 Å². The van der Waals surface area contributed by atoms with Crippen molar-refractivity contribution in [2.45, 2.75) is 0 Å². The fourth-order valence-corrected chi connectivity index (χ4v) is 1.17. The van der Waals surface area contributed by atoms with Crippen LogP contribution in [0.1, 0.15) is 11.4 Å². The van der Waals surface area contributed by atoms with Crippen molar-refractivity contribution >= 4 is 5.82 Å². The first-order valence-electron chi connectivity index (χ1n) is 4.22. The van der Waals surface area contributed by atoms with Gasteiger partial charge in [-0.1, -0.05) is 0 Å². The molecule has 0 saturated heterocycles. The molecular formula is C9H5N7. The maximum absolute atomic E-state index is 8.90. The molecule has 7 heteroatoms. The van der Waals surface area contributed by atoms with Crippen molar-refractivity contribution in [1.29, 1.82) is 10.5 Å². The number of hydrogen-bond donors (Lipinski definition) is 1. The van der Waals surface area contributed by atoms with Crippen molar-refractivity contribution in [1.82, 2.24) is 19.5 Å². The Hall–Kier alpha value is -2.93. The summed E-state index contributed by atoms with van der Waals surface area (Å²) >= 11 is 0. The van der Waals surface area contributed by atoms with E-state index in [1.807, 2.05) is 12.1 Å². The number of nitriles is 2. The molecule has 0 amide bonds. The first-order chi connectivity index (χ1) is 7.76. The van der Waals surface area contributed by atoms with Crippen molar-refractivity contribution in [3.05, 3.63) is 30.0 Å². The van der Waals surface area contributed by atoms with E-state index in [4.69, 9.17) is 16.3 Å². The Balaban J connectivity index is 2.63. The number of rotatable bonds is 1. The van der Waals surface area contributed by atoms with E-state index >= 15 is 0 Å². The smallest absolute Gasteiger partial charge is 0.237 e.